The van der Waals surface area contributed by atoms with Crippen molar-refractivity contribution < 1.29 is 26.7 Å². The van der Waals surface area contributed by atoms with Gasteiger partial charge in [0.25, 0.3) is 0 Å². The third kappa shape index (κ3) is 4.32. The molecule has 0 radical (unpaired) electrons. The number of hydrogen-bond acceptors (Lipinski definition) is 9. The molecule has 2 atom stereocenters. The lowest BCUT2D eigenvalue weighted by molar-refractivity contribution is 0.390. The van der Waals surface area contributed by atoms with E-state index in [0.717, 1.165) is 12.4 Å². The van der Waals surface area contributed by atoms with E-state index >= 15 is 0 Å². The van der Waals surface area contributed by atoms with Crippen molar-refractivity contribution in [2.75, 3.05) is 14.2 Å². The maximum atomic E-state index is 13.7. The van der Waals surface area contributed by atoms with Gasteiger partial charge in [-0.15, -0.1) is 10.2 Å². The van der Waals surface area contributed by atoms with Crippen LogP contribution in [-0.4, -0.2) is 52.6 Å². The van der Waals surface area contributed by atoms with E-state index in [9.17, 15) is 12.8 Å². The number of nitrogens with zero attached hydrogens (tertiary/aromatic N) is 5. The Morgan fingerprint density at radius 3 is 2.42 bits per heavy atom. The molecule has 0 bridgehead atoms. The lowest BCUT2D eigenvalue weighted by Gasteiger charge is -2.20. The van der Waals surface area contributed by atoms with Gasteiger partial charge in [-0.3, -0.25) is 4.57 Å². The van der Waals surface area contributed by atoms with Gasteiger partial charge in [-0.2, -0.15) is 0 Å². The molecule has 4 aromatic rings. The molecule has 36 heavy (non-hydrogen) atoms. The molecule has 3 heterocycles. The van der Waals surface area contributed by atoms with Crippen molar-refractivity contribution in [1.29, 1.82) is 0 Å². The number of hydrogen-bond donors (Lipinski definition) is 0. The Bertz CT molecular complexity index is 1430. The first-order valence-corrected chi connectivity index (χ1v) is 13.0. The minimum absolute atomic E-state index is 0.176. The summed E-state index contributed by atoms with van der Waals surface area (Å²) < 4.78 is 59.1. The van der Waals surface area contributed by atoms with Crippen LogP contribution < -0.4 is 9.47 Å². The Hall–Kier alpha value is -3.80. The molecule has 0 saturated heterocycles. The average molecular weight is 514 g/mol. The van der Waals surface area contributed by atoms with Crippen LogP contribution in [0.15, 0.2) is 53.4 Å². The summed E-state index contributed by atoms with van der Waals surface area (Å²) in [5.41, 5.74) is 0.453. The van der Waals surface area contributed by atoms with E-state index < -0.39 is 32.6 Å². The first-order valence-electron chi connectivity index (χ1n) is 11.3. The van der Waals surface area contributed by atoms with Crippen LogP contribution in [0.2, 0.25) is 0 Å². The maximum absolute atomic E-state index is 13.7. The molecule has 12 heteroatoms. The van der Waals surface area contributed by atoms with E-state index in [4.69, 9.17) is 13.9 Å². The summed E-state index contributed by atoms with van der Waals surface area (Å²) in [5, 5.41) is 7.77. The minimum atomic E-state index is -3.75. The first kappa shape index (κ1) is 23.9. The zero-order chi connectivity index (χ0) is 25.3. The van der Waals surface area contributed by atoms with Gasteiger partial charge in [0, 0.05) is 5.92 Å². The summed E-state index contributed by atoms with van der Waals surface area (Å²) in [6.07, 6.45) is 5.36. The number of benzene rings is 1. The number of rotatable bonds is 8. The van der Waals surface area contributed by atoms with E-state index in [1.54, 1.807) is 34.9 Å². The van der Waals surface area contributed by atoms with Gasteiger partial charge < -0.3 is 13.9 Å². The number of para-hydroxylation sites is 1. The Kier molecular flexibility index (Phi) is 6.44. The normalized spacial score (nSPS) is 17.9. The van der Waals surface area contributed by atoms with Crippen molar-refractivity contribution in [3.8, 4) is 28.8 Å². The smallest absolute Gasteiger partial charge is 0.204 e. The van der Waals surface area contributed by atoms with Crippen molar-refractivity contribution in [2.45, 2.75) is 36.2 Å². The zero-order valence-electron chi connectivity index (χ0n) is 19.7. The highest BCUT2D eigenvalue weighted by Crippen LogP contribution is 2.40. The minimum Gasteiger partial charge on any atom is -0.494 e. The van der Waals surface area contributed by atoms with Gasteiger partial charge >= 0.3 is 0 Å². The number of furan rings is 1. The molecule has 1 aliphatic rings. The highest BCUT2D eigenvalue weighted by molar-refractivity contribution is 7.91. The van der Waals surface area contributed by atoms with Crippen LogP contribution in [0.3, 0.4) is 0 Å². The van der Waals surface area contributed by atoms with Crippen LogP contribution in [0.25, 0.3) is 17.3 Å². The number of aromatic nitrogens is 5. The predicted molar refractivity (Wildman–Crippen MR) is 127 cm³/mol. The van der Waals surface area contributed by atoms with Gasteiger partial charge in [0.15, 0.2) is 27.2 Å². The van der Waals surface area contributed by atoms with Gasteiger partial charge in [0.05, 0.1) is 38.1 Å². The molecule has 1 fully saturated rings. The summed E-state index contributed by atoms with van der Waals surface area (Å²) in [5.74, 6) is 0.692. The van der Waals surface area contributed by atoms with Crippen molar-refractivity contribution in [2.24, 2.45) is 0 Å². The van der Waals surface area contributed by atoms with Gasteiger partial charge in [0.1, 0.15) is 28.8 Å². The molecule has 0 aliphatic heterocycles. The quantitative estimate of drug-likeness (QED) is 0.347. The second-order valence-corrected chi connectivity index (χ2v) is 10.6. The van der Waals surface area contributed by atoms with Gasteiger partial charge in [-0.25, -0.2) is 22.8 Å². The molecule has 188 valence electrons. The van der Waals surface area contributed by atoms with Crippen LogP contribution in [0, 0.1) is 5.82 Å². The molecule has 0 unspecified atom stereocenters. The van der Waals surface area contributed by atoms with Crippen molar-refractivity contribution in [3.63, 3.8) is 0 Å². The average Bonchev–Trinajstić information content (AvgIpc) is 3.65. The van der Waals surface area contributed by atoms with Crippen LogP contribution >= 0.6 is 0 Å². The highest BCUT2D eigenvalue weighted by Gasteiger charge is 2.41. The summed E-state index contributed by atoms with van der Waals surface area (Å²) >= 11 is 0. The van der Waals surface area contributed by atoms with Crippen LogP contribution in [0.5, 0.6) is 11.5 Å². The lowest BCUT2D eigenvalue weighted by Crippen LogP contribution is -2.27. The molecular weight excluding hydrogens is 489 g/mol. The molecule has 5 rings (SSSR count). The number of ether oxygens (including phenoxy) is 2. The predicted octanol–water partition coefficient (Wildman–Crippen LogP) is 3.72. The number of halogens is 1. The fraction of sp³-hybridized carbons (Fsp3) is 0.333. The molecule has 1 aromatic carbocycles. The largest absolute Gasteiger partial charge is 0.494 e. The molecule has 0 amide bonds. The third-order valence-corrected chi connectivity index (χ3v) is 8.46. The lowest BCUT2D eigenvalue weighted by atomic mass is 10.1. The Morgan fingerprint density at radius 2 is 1.78 bits per heavy atom. The summed E-state index contributed by atoms with van der Waals surface area (Å²) in [6, 6.07) is 8.65. The standard InChI is InChI=1S/C24H24FN5O5S/c1-33-17-7-4-8-18(34-2)22(17)30-21(28-29-24(30)19-9-5-11-35-19)14-36(31,32)20-10-3-6-16(20)23-26-12-15(25)13-27-23/h4-5,7-9,11-13,16,20H,3,6,10,14H2,1-2H3/t16-,20+/m1/s1. The van der Waals surface area contributed by atoms with Crippen LogP contribution in [0.1, 0.15) is 36.8 Å². The molecule has 0 N–H and O–H groups in total. The summed E-state index contributed by atoms with van der Waals surface area (Å²) in [4.78, 5) is 8.10. The molecule has 10 nitrogen and oxygen atoms in total. The topological polar surface area (TPSA) is 122 Å². The van der Waals surface area contributed by atoms with E-state index in [1.807, 2.05) is 0 Å². The van der Waals surface area contributed by atoms with E-state index in [-0.39, 0.29) is 5.82 Å². The number of methoxy groups -OCH3 is 2. The maximum Gasteiger partial charge on any atom is 0.204 e. The molecular formula is C24H24FN5O5S. The third-order valence-electron chi connectivity index (χ3n) is 6.31. The van der Waals surface area contributed by atoms with E-state index in [1.165, 1.54) is 20.5 Å². The van der Waals surface area contributed by atoms with Crippen molar-refractivity contribution >= 4 is 9.84 Å². The SMILES string of the molecule is COc1cccc(OC)c1-n1c(CS(=O)(=O)[C@H]2CCC[C@H]2c2ncc(F)cn2)nnc1-c1ccco1. The summed E-state index contributed by atoms with van der Waals surface area (Å²) in [7, 11) is -0.732. The van der Waals surface area contributed by atoms with Gasteiger partial charge in [-0.05, 0) is 37.1 Å². The van der Waals surface area contributed by atoms with Crippen LogP contribution in [-0.2, 0) is 15.6 Å². The Morgan fingerprint density at radius 1 is 1.06 bits per heavy atom. The zero-order valence-corrected chi connectivity index (χ0v) is 20.5. The van der Waals surface area contributed by atoms with Gasteiger partial charge in [-0.1, -0.05) is 12.5 Å². The molecule has 3 aromatic heterocycles. The van der Waals surface area contributed by atoms with Crippen molar-refractivity contribution in [3.05, 3.63) is 66.5 Å². The second-order valence-electron chi connectivity index (χ2n) is 8.41. The fourth-order valence-electron chi connectivity index (χ4n) is 4.71. The Labute approximate surface area is 207 Å². The van der Waals surface area contributed by atoms with Crippen molar-refractivity contribution in [1.82, 2.24) is 24.7 Å². The Balaban J connectivity index is 1.59. The molecule has 1 aliphatic carbocycles. The molecule has 1 saturated carbocycles. The second kappa shape index (κ2) is 9.69. The monoisotopic (exact) mass is 513 g/mol. The number of sulfone groups is 1. The van der Waals surface area contributed by atoms with Crippen LogP contribution in [0.4, 0.5) is 4.39 Å². The first-order chi connectivity index (χ1) is 17.4. The summed E-state index contributed by atoms with van der Waals surface area (Å²) in [6.45, 7) is 0. The highest BCUT2D eigenvalue weighted by atomic mass is 32.2. The van der Waals surface area contributed by atoms with E-state index in [2.05, 4.69) is 20.2 Å². The fourth-order valence-corrected chi connectivity index (χ4v) is 6.76. The molecule has 0 spiro atoms. The van der Waals surface area contributed by atoms with Gasteiger partial charge in [0.2, 0.25) is 5.82 Å². The van der Waals surface area contributed by atoms with E-state index in [0.29, 0.717) is 53.9 Å².